The molecule has 0 bridgehead atoms. The lowest BCUT2D eigenvalue weighted by atomic mass is 10.1. The Hall–Kier alpha value is -2.53. The zero-order valence-electron chi connectivity index (χ0n) is 11.6. The van der Waals surface area contributed by atoms with Crippen molar-refractivity contribution in [2.45, 2.75) is 20.0 Å². The molecule has 0 atom stereocenters. The number of rotatable bonds is 2. The quantitative estimate of drug-likeness (QED) is 0.781. The van der Waals surface area contributed by atoms with Crippen LogP contribution in [0.5, 0.6) is 0 Å². The predicted octanol–water partition coefficient (Wildman–Crippen LogP) is 2.71. The van der Waals surface area contributed by atoms with Gasteiger partial charge < -0.3 is 9.84 Å². The van der Waals surface area contributed by atoms with Crippen molar-refractivity contribution in [2.75, 3.05) is 0 Å². The third kappa shape index (κ3) is 2.21. The fourth-order valence-electron chi connectivity index (χ4n) is 2.54. The minimum atomic E-state index is 0.521. The molecule has 104 valence electrons. The van der Waals surface area contributed by atoms with Crippen LogP contribution in [0.1, 0.15) is 16.8 Å². The normalized spacial score (nSPS) is 13.4. The molecule has 0 amide bonds. The van der Waals surface area contributed by atoms with Gasteiger partial charge in [-0.15, -0.1) is 0 Å². The van der Waals surface area contributed by atoms with Crippen molar-refractivity contribution in [3.63, 3.8) is 0 Å². The third-order valence-corrected chi connectivity index (χ3v) is 3.63. The van der Waals surface area contributed by atoms with Crippen LogP contribution in [0, 0.1) is 6.92 Å². The van der Waals surface area contributed by atoms with Crippen molar-refractivity contribution < 1.29 is 4.52 Å². The third-order valence-electron chi connectivity index (χ3n) is 3.63. The van der Waals surface area contributed by atoms with Crippen LogP contribution >= 0.6 is 0 Å². The van der Waals surface area contributed by atoms with E-state index in [9.17, 15) is 0 Å². The van der Waals surface area contributed by atoms with E-state index in [-0.39, 0.29) is 0 Å². The summed E-state index contributed by atoms with van der Waals surface area (Å²) in [5.74, 6) is 1.05. The van der Waals surface area contributed by atoms with Gasteiger partial charge in [-0.2, -0.15) is 4.98 Å². The topological polar surface area (TPSA) is 63.8 Å². The molecular formula is C16H14N4O. The highest BCUT2D eigenvalue weighted by Gasteiger charge is 2.15. The molecule has 1 aliphatic heterocycles. The van der Waals surface area contributed by atoms with Gasteiger partial charge in [-0.05, 0) is 42.3 Å². The molecule has 4 rings (SSSR count). The van der Waals surface area contributed by atoms with E-state index in [1.807, 2.05) is 31.2 Å². The SMILES string of the molecule is Cc1cccc(-c2noc(-c3ccc4c(c3)CNC4)n2)n1. The van der Waals surface area contributed by atoms with Crippen LogP contribution in [0.25, 0.3) is 23.0 Å². The van der Waals surface area contributed by atoms with Gasteiger partial charge in [-0.25, -0.2) is 4.98 Å². The number of hydrogen-bond donors (Lipinski definition) is 1. The van der Waals surface area contributed by atoms with Gasteiger partial charge in [0, 0.05) is 24.3 Å². The molecule has 0 spiro atoms. The lowest BCUT2D eigenvalue weighted by molar-refractivity contribution is 0.432. The molecule has 0 unspecified atom stereocenters. The van der Waals surface area contributed by atoms with Crippen LogP contribution in [0.15, 0.2) is 40.9 Å². The molecule has 5 nitrogen and oxygen atoms in total. The molecule has 1 N–H and O–H groups in total. The summed E-state index contributed by atoms with van der Waals surface area (Å²) in [5.41, 5.74) is 5.24. The fraction of sp³-hybridized carbons (Fsp3) is 0.188. The second-order valence-electron chi connectivity index (χ2n) is 5.17. The Bertz CT molecular complexity index is 810. The van der Waals surface area contributed by atoms with E-state index in [1.54, 1.807) is 0 Å². The Morgan fingerprint density at radius 3 is 2.86 bits per heavy atom. The molecule has 1 aromatic carbocycles. The van der Waals surface area contributed by atoms with Crippen LogP contribution in [-0.2, 0) is 13.1 Å². The van der Waals surface area contributed by atoms with Gasteiger partial charge >= 0.3 is 0 Å². The average Bonchev–Trinajstić information content (AvgIpc) is 3.15. The molecule has 0 fully saturated rings. The smallest absolute Gasteiger partial charge is 0.258 e. The predicted molar refractivity (Wildman–Crippen MR) is 78.2 cm³/mol. The van der Waals surface area contributed by atoms with Gasteiger partial charge in [0.05, 0.1) is 0 Å². The van der Waals surface area contributed by atoms with Gasteiger partial charge in [0.2, 0.25) is 5.82 Å². The Morgan fingerprint density at radius 1 is 1.05 bits per heavy atom. The summed E-state index contributed by atoms with van der Waals surface area (Å²) in [6.45, 7) is 3.76. The zero-order valence-corrected chi connectivity index (χ0v) is 11.6. The van der Waals surface area contributed by atoms with Gasteiger partial charge in [0.15, 0.2) is 0 Å². The lowest BCUT2D eigenvalue weighted by Crippen LogP contribution is -1.99. The number of aryl methyl sites for hydroxylation is 1. The summed E-state index contributed by atoms with van der Waals surface area (Å²) < 4.78 is 5.38. The fourth-order valence-corrected chi connectivity index (χ4v) is 2.54. The van der Waals surface area contributed by atoms with E-state index in [2.05, 4.69) is 32.6 Å². The van der Waals surface area contributed by atoms with Crippen LogP contribution in [-0.4, -0.2) is 15.1 Å². The van der Waals surface area contributed by atoms with Crippen molar-refractivity contribution in [2.24, 2.45) is 0 Å². The molecule has 1 aliphatic rings. The standard InChI is InChI=1S/C16H14N4O/c1-10-3-2-4-14(18-10)15-19-16(21-20-15)11-5-6-12-8-17-9-13(12)7-11/h2-7,17H,8-9H2,1H3. The molecular weight excluding hydrogens is 264 g/mol. The monoisotopic (exact) mass is 278 g/mol. The maximum atomic E-state index is 5.38. The lowest BCUT2D eigenvalue weighted by Gasteiger charge is -1.99. The molecule has 0 aliphatic carbocycles. The van der Waals surface area contributed by atoms with Crippen molar-refractivity contribution in [1.82, 2.24) is 20.4 Å². The number of benzene rings is 1. The molecule has 2 aromatic heterocycles. The minimum Gasteiger partial charge on any atom is -0.334 e. The molecule has 3 heterocycles. The van der Waals surface area contributed by atoms with Gasteiger partial charge in [-0.1, -0.05) is 17.3 Å². The minimum absolute atomic E-state index is 0.521. The van der Waals surface area contributed by atoms with E-state index >= 15 is 0 Å². The Kier molecular flexibility index (Phi) is 2.79. The molecule has 0 radical (unpaired) electrons. The molecule has 3 aromatic rings. The second-order valence-corrected chi connectivity index (χ2v) is 5.17. The second kappa shape index (κ2) is 4.79. The average molecular weight is 278 g/mol. The first-order valence-electron chi connectivity index (χ1n) is 6.90. The summed E-state index contributed by atoms with van der Waals surface area (Å²) in [4.78, 5) is 8.87. The summed E-state index contributed by atoms with van der Waals surface area (Å²) in [7, 11) is 0. The Labute approximate surface area is 122 Å². The molecule has 21 heavy (non-hydrogen) atoms. The van der Waals surface area contributed by atoms with Crippen LogP contribution in [0.2, 0.25) is 0 Å². The number of fused-ring (bicyclic) bond motifs is 1. The maximum absolute atomic E-state index is 5.38. The van der Waals surface area contributed by atoms with Gasteiger partial charge in [-0.3, -0.25) is 0 Å². The summed E-state index contributed by atoms with van der Waals surface area (Å²) >= 11 is 0. The summed E-state index contributed by atoms with van der Waals surface area (Å²) in [5, 5.41) is 7.36. The van der Waals surface area contributed by atoms with Crippen molar-refractivity contribution >= 4 is 0 Å². The number of pyridine rings is 1. The van der Waals surface area contributed by atoms with E-state index in [1.165, 1.54) is 11.1 Å². The highest BCUT2D eigenvalue weighted by molar-refractivity contribution is 5.59. The van der Waals surface area contributed by atoms with E-state index in [4.69, 9.17) is 4.52 Å². The highest BCUT2D eigenvalue weighted by Crippen LogP contribution is 2.25. The van der Waals surface area contributed by atoms with E-state index in [0.29, 0.717) is 11.7 Å². The van der Waals surface area contributed by atoms with Crippen molar-refractivity contribution in [3.8, 4) is 23.0 Å². The number of nitrogens with zero attached hydrogens (tertiary/aromatic N) is 3. The zero-order chi connectivity index (χ0) is 14.2. The Balaban J connectivity index is 1.71. The van der Waals surface area contributed by atoms with E-state index < -0.39 is 0 Å². The first kappa shape index (κ1) is 12.2. The number of nitrogens with one attached hydrogen (secondary N) is 1. The first-order chi connectivity index (χ1) is 10.3. The largest absolute Gasteiger partial charge is 0.334 e. The summed E-state index contributed by atoms with van der Waals surface area (Å²) in [6, 6.07) is 12.0. The first-order valence-corrected chi connectivity index (χ1v) is 6.90. The highest BCUT2D eigenvalue weighted by atomic mass is 16.5. The van der Waals surface area contributed by atoms with Gasteiger partial charge in [0.1, 0.15) is 5.69 Å². The van der Waals surface area contributed by atoms with Crippen molar-refractivity contribution in [3.05, 3.63) is 53.2 Å². The van der Waals surface area contributed by atoms with Crippen molar-refractivity contribution in [1.29, 1.82) is 0 Å². The molecule has 0 saturated heterocycles. The van der Waals surface area contributed by atoms with Crippen LogP contribution < -0.4 is 5.32 Å². The van der Waals surface area contributed by atoms with E-state index in [0.717, 1.165) is 30.0 Å². The Morgan fingerprint density at radius 2 is 1.95 bits per heavy atom. The van der Waals surface area contributed by atoms with Gasteiger partial charge in [0.25, 0.3) is 5.89 Å². The maximum Gasteiger partial charge on any atom is 0.258 e. The molecule has 0 saturated carbocycles. The summed E-state index contributed by atoms with van der Waals surface area (Å²) in [6.07, 6.45) is 0. The van der Waals surface area contributed by atoms with Crippen LogP contribution in [0.3, 0.4) is 0 Å². The number of aromatic nitrogens is 3. The number of hydrogen-bond acceptors (Lipinski definition) is 5. The molecule has 5 heteroatoms. The van der Waals surface area contributed by atoms with Crippen LogP contribution in [0.4, 0.5) is 0 Å².